The standard InChI is InChI=1S/C24H25N5O4/c1-28-7-5-19(27-28)18-4-3-15(12-25-18)9-16-10-17-20(11-23(16)32-2)26-14-29(24(17)31)21-6-8-33-13-22(21)30/h3-5,7,10-12,14,21-22,30H,6,8-9,13H2,1-2H3/t21-,22-/m0/s1. The molecule has 3 aromatic heterocycles. The minimum absolute atomic E-state index is 0.182. The van der Waals surface area contributed by atoms with Gasteiger partial charge >= 0.3 is 0 Å². The molecule has 2 atom stereocenters. The van der Waals surface area contributed by atoms with Crippen molar-refractivity contribution >= 4 is 10.9 Å². The van der Waals surface area contributed by atoms with E-state index in [1.54, 1.807) is 17.9 Å². The number of aliphatic hydroxyl groups excluding tert-OH is 1. The highest BCUT2D eigenvalue weighted by atomic mass is 16.5. The number of ether oxygens (including phenoxy) is 2. The van der Waals surface area contributed by atoms with E-state index in [2.05, 4.69) is 15.1 Å². The average Bonchev–Trinajstić information content (AvgIpc) is 3.27. The SMILES string of the molecule is COc1cc2ncn([C@H]3CCOC[C@@H]3O)c(=O)c2cc1Cc1ccc(-c2ccn(C)n2)nc1. The second-order valence-corrected chi connectivity index (χ2v) is 8.24. The Labute approximate surface area is 190 Å². The van der Waals surface area contributed by atoms with Crippen LogP contribution in [-0.2, 0) is 18.2 Å². The van der Waals surface area contributed by atoms with E-state index in [4.69, 9.17) is 9.47 Å². The molecule has 0 bridgehead atoms. The molecule has 4 heterocycles. The predicted octanol–water partition coefficient (Wildman–Crippen LogP) is 2.11. The number of hydrogen-bond acceptors (Lipinski definition) is 7. The third kappa shape index (κ3) is 4.12. The van der Waals surface area contributed by atoms with Crippen LogP contribution >= 0.6 is 0 Å². The van der Waals surface area contributed by atoms with Crippen molar-refractivity contribution in [3.63, 3.8) is 0 Å². The molecule has 1 aliphatic heterocycles. The van der Waals surface area contributed by atoms with Crippen molar-refractivity contribution in [1.29, 1.82) is 0 Å². The van der Waals surface area contributed by atoms with E-state index in [1.165, 1.54) is 10.9 Å². The second-order valence-electron chi connectivity index (χ2n) is 8.24. The minimum Gasteiger partial charge on any atom is -0.496 e. The van der Waals surface area contributed by atoms with Gasteiger partial charge in [-0.15, -0.1) is 0 Å². The molecule has 170 valence electrons. The average molecular weight is 447 g/mol. The number of aromatic nitrogens is 5. The Morgan fingerprint density at radius 1 is 1.21 bits per heavy atom. The number of fused-ring (bicyclic) bond motifs is 1. The van der Waals surface area contributed by atoms with Gasteiger partial charge in [0.25, 0.3) is 5.56 Å². The maximum absolute atomic E-state index is 13.3. The summed E-state index contributed by atoms with van der Waals surface area (Å²) in [5.74, 6) is 0.659. The van der Waals surface area contributed by atoms with Crippen molar-refractivity contribution in [3.8, 4) is 17.1 Å². The fourth-order valence-corrected chi connectivity index (χ4v) is 4.26. The van der Waals surface area contributed by atoms with Gasteiger partial charge in [0.1, 0.15) is 11.4 Å². The Balaban J connectivity index is 1.49. The molecule has 0 amide bonds. The molecule has 5 rings (SSSR count). The molecule has 1 fully saturated rings. The quantitative estimate of drug-likeness (QED) is 0.500. The van der Waals surface area contributed by atoms with Crippen LogP contribution in [0, 0.1) is 0 Å². The van der Waals surface area contributed by atoms with E-state index < -0.39 is 6.10 Å². The van der Waals surface area contributed by atoms with E-state index in [9.17, 15) is 9.90 Å². The highest BCUT2D eigenvalue weighted by molar-refractivity contribution is 5.80. The van der Waals surface area contributed by atoms with Crippen molar-refractivity contribution in [2.75, 3.05) is 20.3 Å². The zero-order valence-electron chi connectivity index (χ0n) is 18.5. The third-order valence-corrected chi connectivity index (χ3v) is 6.03. The molecular weight excluding hydrogens is 422 g/mol. The molecule has 9 nitrogen and oxygen atoms in total. The number of aryl methyl sites for hydroxylation is 1. The van der Waals surface area contributed by atoms with Crippen molar-refractivity contribution in [3.05, 3.63) is 70.5 Å². The predicted molar refractivity (Wildman–Crippen MR) is 122 cm³/mol. The van der Waals surface area contributed by atoms with Crippen LogP contribution in [0.5, 0.6) is 5.75 Å². The van der Waals surface area contributed by atoms with E-state index in [0.29, 0.717) is 36.1 Å². The zero-order valence-corrected chi connectivity index (χ0v) is 18.5. The van der Waals surface area contributed by atoms with E-state index in [-0.39, 0.29) is 18.2 Å². The molecule has 1 aliphatic rings. The first-order valence-electron chi connectivity index (χ1n) is 10.8. The van der Waals surface area contributed by atoms with Crippen molar-refractivity contribution in [2.24, 2.45) is 7.05 Å². The number of nitrogens with zero attached hydrogens (tertiary/aromatic N) is 5. The highest BCUT2D eigenvalue weighted by Gasteiger charge is 2.27. The Hall–Kier alpha value is -3.56. The van der Waals surface area contributed by atoms with Crippen LogP contribution in [0.1, 0.15) is 23.6 Å². The summed E-state index contributed by atoms with van der Waals surface area (Å²) < 4.78 is 14.2. The largest absolute Gasteiger partial charge is 0.496 e. The van der Waals surface area contributed by atoms with Gasteiger partial charge in [-0.1, -0.05) is 6.07 Å². The fraction of sp³-hybridized carbons (Fsp3) is 0.333. The summed E-state index contributed by atoms with van der Waals surface area (Å²) >= 11 is 0. The van der Waals surface area contributed by atoms with Gasteiger partial charge in [0.2, 0.25) is 0 Å². The van der Waals surface area contributed by atoms with Gasteiger partial charge in [-0.25, -0.2) is 4.98 Å². The first kappa shape index (κ1) is 21.3. The van der Waals surface area contributed by atoms with Gasteiger partial charge in [0.05, 0.1) is 48.8 Å². The van der Waals surface area contributed by atoms with Crippen LogP contribution in [0.3, 0.4) is 0 Å². The van der Waals surface area contributed by atoms with Gasteiger partial charge in [-0.05, 0) is 35.7 Å². The summed E-state index contributed by atoms with van der Waals surface area (Å²) in [6.07, 6.45) is 5.56. The number of benzene rings is 1. The number of aliphatic hydroxyl groups is 1. The van der Waals surface area contributed by atoms with Crippen molar-refractivity contribution in [1.82, 2.24) is 24.3 Å². The molecule has 0 saturated carbocycles. The Morgan fingerprint density at radius 2 is 2.09 bits per heavy atom. The maximum Gasteiger partial charge on any atom is 0.261 e. The number of pyridine rings is 1. The van der Waals surface area contributed by atoms with E-state index >= 15 is 0 Å². The Morgan fingerprint density at radius 3 is 2.79 bits per heavy atom. The summed E-state index contributed by atoms with van der Waals surface area (Å²) in [7, 11) is 3.47. The second kappa shape index (κ2) is 8.76. The lowest BCUT2D eigenvalue weighted by Gasteiger charge is -2.29. The smallest absolute Gasteiger partial charge is 0.261 e. The maximum atomic E-state index is 13.3. The molecular formula is C24H25N5O4. The summed E-state index contributed by atoms with van der Waals surface area (Å²) in [6.45, 7) is 0.714. The molecule has 9 heteroatoms. The summed E-state index contributed by atoms with van der Waals surface area (Å²) in [6, 6.07) is 9.12. The summed E-state index contributed by atoms with van der Waals surface area (Å²) in [5.41, 5.74) is 3.83. The highest BCUT2D eigenvalue weighted by Crippen LogP contribution is 2.27. The number of hydrogen-bond donors (Lipinski definition) is 1. The third-order valence-electron chi connectivity index (χ3n) is 6.03. The molecule has 33 heavy (non-hydrogen) atoms. The first-order chi connectivity index (χ1) is 16.0. The molecule has 0 unspecified atom stereocenters. The first-order valence-corrected chi connectivity index (χ1v) is 10.8. The molecule has 1 N–H and O–H groups in total. The van der Waals surface area contributed by atoms with E-state index in [0.717, 1.165) is 22.5 Å². The molecule has 0 radical (unpaired) electrons. The van der Waals surface area contributed by atoms with Crippen LogP contribution in [0.15, 0.2) is 53.8 Å². The monoisotopic (exact) mass is 447 g/mol. The Bertz CT molecular complexity index is 1350. The van der Waals surface area contributed by atoms with Crippen molar-refractivity contribution < 1.29 is 14.6 Å². The normalized spacial score (nSPS) is 18.5. The van der Waals surface area contributed by atoms with Crippen LogP contribution < -0.4 is 10.3 Å². The molecule has 0 aliphatic carbocycles. The lowest BCUT2D eigenvalue weighted by Crippen LogP contribution is -2.39. The fourth-order valence-electron chi connectivity index (χ4n) is 4.26. The van der Waals surface area contributed by atoms with Crippen LogP contribution in [0.25, 0.3) is 22.3 Å². The van der Waals surface area contributed by atoms with Crippen molar-refractivity contribution in [2.45, 2.75) is 25.0 Å². The van der Waals surface area contributed by atoms with Gasteiger partial charge < -0.3 is 14.6 Å². The van der Waals surface area contributed by atoms with Crippen LogP contribution in [-0.4, -0.2) is 55.8 Å². The summed E-state index contributed by atoms with van der Waals surface area (Å²) in [5, 5.41) is 15.2. The molecule has 4 aromatic rings. The lowest BCUT2D eigenvalue weighted by atomic mass is 10.0. The van der Waals surface area contributed by atoms with E-state index in [1.807, 2.05) is 43.7 Å². The van der Waals surface area contributed by atoms with Crippen LogP contribution in [0.4, 0.5) is 0 Å². The van der Waals surface area contributed by atoms with Gasteiger partial charge in [0.15, 0.2) is 0 Å². The lowest BCUT2D eigenvalue weighted by molar-refractivity contribution is -0.0395. The zero-order chi connectivity index (χ0) is 22.9. The van der Waals surface area contributed by atoms with Gasteiger partial charge in [-0.3, -0.25) is 19.0 Å². The Kier molecular flexibility index (Phi) is 5.65. The molecule has 0 spiro atoms. The molecule has 1 aromatic carbocycles. The topological polar surface area (TPSA) is 104 Å². The number of methoxy groups -OCH3 is 1. The number of rotatable bonds is 5. The van der Waals surface area contributed by atoms with Gasteiger partial charge in [-0.2, -0.15) is 5.10 Å². The molecule has 1 saturated heterocycles. The van der Waals surface area contributed by atoms with Gasteiger partial charge in [0, 0.05) is 38.5 Å². The summed E-state index contributed by atoms with van der Waals surface area (Å²) in [4.78, 5) is 22.3. The van der Waals surface area contributed by atoms with Crippen LogP contribution in [0.2, 0.25) is 0 Å². The minimum atomic E-state index is -0.739.